The summed E-state index contributed by atoms with van der Waals surface area (Å²) in [4.78, 5) is 18.6. The number of amides is 1. The maximum atomic E-state index is 12.2. The lowest BCUT2D eigenvalue weighted by molar-refractivity contribution is 0.0824. The Morgan fingerprint density at radius 3 is 2.74 bits per heavy atom. The van der Waals surface area contributed by atoms with Crippen LogP contribution in [0.3, 0.4) is 0 Å². The van der Waals surface area contributed by atoms with Crippen molar-refractivity contribution in [1.82, 2.24) is 9.88 Å². The quantitative estimate of drug-likeness (QED) is 0.851. The molecule has 100 valence electrons. The Bertz CT molecular complexity index is 516. The molecule has 5 heteroatoms. The molecule has 0 N–H and O–H groups in total. The number of carbonyl (C=O) groups is 1. The minimum Gasteiger partial charge on any atom is -0.345 e. The van der Waals surface area contributed by atoms with Crippen LogP contribution in [-0.4, -0.2) is 35.1 Å². The Morgan fingerprint density at radius 2 is 2.16 bits per heavy atom. The molecule has 0 unspecified atom stereocenters. The third kappa shape index (κ3) is 3.07. The highest BCUT2D eigenvalue weighted by atomic mass is 32.2. The van der Waals surface area contributed by atoms with Crippen LogP contribution in [0.4, 0.5) is 0 Å². The van der Waals surface area contributed by atoms with E-state index >= 15 is 0 Å². The van der Waals surface area contributed by atoms with Crippen molar-refractivity contribution in [3.8, 4) is 6.07 Å². The number of carbonyl (C=O) groups excluding carboxylic acids is 1. The molecule has 0 aromatic carbocycles. The van der Waals surface area contributed by atoms with Gasteiger partial charge in [-0.05, 0) is 18.9 Å². The molecule has 1 saturated carbocycles. The molecule has 0 bridgehead atoms. The Balaban J connectivity index is 2.36. The lowest BCUT2D eigenvalue weighted by Crippen LogP contribution is -2.23. The van der Waals surface area contributed by atoms with Gasteiger partial charge in [-0.2, -0.15) is 5.26 Å². The lowest BCUT2D eigenvalue weighted by Gasteiger charge is -2.16. The smallest absolute Gasteiger partial charge is 0.254 e. The summed E-state index contributed by atoms with van der Waals surface area (Å²) >= 11 is 1.64. The van der Waals surface area contributed by atoms with Gasteiger partial charge in [0.2, 0.25) is 0 Å². The number of hydrogen-bond acceptors (Lipinski definition) is 4. The lowest BCUT2D eigenvalue weighted by atomic mass is 10.2. The molecule has 1 aromatic heterocycles. The molecule has 0 saturated heterocycles. The van der Waals surface area contributed by atoms with Crippen LogP contribution >= 0.6 is 11.8 Å². The fourth-order valence-electron chi connectivity index (χ4n) is 2.23. The van der Waals surface area contributed by atoms with Crippen LogP contribution in [0.15, 0.2) is 17.2 Å². The summed E-state index contributed by atoms with van der Waals surface area (Å²) in [5.41, 5.74) is 0.957. The zero-order chi connectivity index (χ0) is 13.8. The zero-order valence-corrected chi connectivity index (χ0v) is 12.0. The van der Waals surface area contributed by atoms with Crippen molar-refractivity contribution in [2.75, 3.05) is 14.1 Å². The van der Waals surface area contributed by atoms with E-state index < -0.39 is 0 Å². The largest absolute Gasteiger partial charge is 0.345 e. The van der Waals surface area contributed by atoms with E-state index in [0.717, 1.165) is 17.7 Å². The first-order valence-electron chi connectivity index (χ1n) is 6.41. The molecule has 19 heavy (non-hydrogen) atoms. The Kier molecular flexibility index (Phi) is 4.43. The van der Waals surface area contributed by atoms with E-state index in [1.807, 2.05) is 0 Å². The molecule has 4 nitrogen and oxygen atoms in total. The summed E-state index contributed by atoms with van der Waals surface area (Å²) in [5, 5.41) is 9.69. The highest BCUT2D eigenvalue weighted by molar-refractivity contribution is 8.00. The Morgan fingerprint density at radius 1 is 1.47 bits per heavy atom. The van der Waals surface area contributed by atoms with Crippen molar-refractivity contribution >= 4 is 17.7 Å². The first-order valence-corrected chi connectivity index (χ1v) is 7.29. The number of pyridine rings is 1. The van der Waals surface area contributed by atoms with Gasteiger partial charge in [-0.3, -0.25) is 4.79 Å². The number of thioether (sulfide) groups is 1. The van der Waals surface area contributed by atoms with E-state index in [1.54, 1.807) is 31.9 Å². The van der Waals surface area contributed by atoms with Crippen LogP contribution in [0.5, 0.6) is 0 Å². The van der Waals surface area contributed by atoms with Crippen molar-refractivity contribution in [3.63, 3.8) is 0 Å². The molecule has 1 amide bonds. The molecule has 1 heterocycles. The molecule has 0 spiro atoms. The van der Waals surface area contributed by atoms with Gasteiger partial charge in [-0.25, -0.2) is 4.98 Å². The zero-order valence-electron chi connectivity index (χ0n) is 11.2. The summed E-state index contributed by atoms with van der Waals surface area (Å²) in [7, 11) is 3.44. The molecule has 0 radical (unpaired) electrons. The highest BCUT2D eigenvalue weighted by Gasteiger charge is 2.23. The second-order valence-corrected chi connectivity index (χ2v) is 6.18. The minimum absolute atomic E-state index is 0.0700. The monoisotopic (exact) mass is 275 g/mol. The van der Waals surface area contributed by atoms with Crippen molar-refractivity contribution in [1.29, 1.82) is 5.26 Å². The van der Waals surface area contributed by atoms with E-state index in [2.05, 4.69) is 11.1 Å². The minimum atomic E-state index is -0.0700. The third-order valence-electron chi connectivity index (χ3n) is 3.23. The molecular formula is C14H17N3OS. The van der Waals surface area contributed by atoms with Crippen LogP contribution in [0.1, 0.15) is 41.7 Å². The topological polar surface area (TPSA) is 57.0 Å². The SMILES string of the molecule is CN(C)C(=O)c1ccnc(C#N)c1SC1CCCC1. The van der Waals surface area contributed by atoms with Crippen LogP contribution < -0.4 is 0 Å². The summed E-state index contributed by atoms with van der Waals surface area (Å²) in [5.74, 6) is -0.0700. The van der Waals surface area contributed by atoms with Gasteiger partial charge in [0.05, 0.1) is 10.5 Å². The van der Waals surface area contributed by atoms with E-state index in [4.69, 9.17) is 0 Å². The van der Waals surface area contributed by atoms with Gasteiger partial charge in [0.25, 0.3) is 5.91 Å². The molecule has 2 rings (SSSR count). The molecule has 0 atom stereocenters. The highest BCUT2D eigenvalue weighted by Crippen LogP contribution is 2.37. The number of nitriles is 1. The summed E-state index contributed by atoms with van der Waals surface area (Å²) in [6.07, 6.45) is 6.31. The number of hydrogen-bond donors (Lipinski definition) is 0. The fraction of sp³-hybridized carbons (Fsp3) is 0.500. The fourth-order valence-corrected chi connectivity index (χ4v) is 3.62. The molecule has 1 fully saturated rings. The van der Waals surface area contributed by atoms with Crippen LogP contribution in [0.2, 0.25) is 0 Å². The third-order valence-corrected chi connectivity index (χ3v) is 4.69. The number of aromatic nitrogens is 1. The normalized spacial score (nSPS) is 15.2. The molecule has 1 aliphatic rings. The maximum absolute atomic E-state index is 12.2. The van der Waals surface area contributed by atoms with Gasteiger partial charge >= 0.3 is 0 Å². The van der Waals surface area contributed by atoms with E-state index in [-0.39, 0.29) is 5.91 Å². The molecule has 0 aliphatic heterocycles. The van der Waals surface area contributed by atoms with Gasteiger partial charge in [-0.15, -0.1) is 11.8 Å². The van der Waals surface area contributed by atoms with Crippen LogP contribution in [-0.2, 0) is 0 Å². The van der Waals surface area contributed by atoms with E-state index in [0.29, 0.717) is 16.5 Å². The average molecular weight is 275 g/mol. The molecular weight excluding hydrogens is 258 g/mol. The summed E-state index contributed by atoms with van der Waals surface area (Å²) in [6, 6.07) is 3.81. The maximum Gasteiger partial charge on any atom is 0.254 e. The van der Waals surface area contributed by atoms with Gasteiger partial charge in [0, 0.05) is 25.5 Å². The molecule has 1 aliphatic carbocycles. The van der Waals surface area contributed by atoms with Gasteiger partial charge in [0.15, 0.2) is 5.69 Å². The first kappa shape index (κ1) is 13.9. The first-order chi connectivity index (χ1) is 9.13. The van der Waals surface area contributed by atoms with Crippen molar-refractivity contribution in [3.05, 3.63) is 23.5 Å². The van der Waals surface area contributed by atoms with Crippen molar-refractivity contribution in [2.24, 2.45) is 0 Å². The second kappa shape index (κ2) is 6.07. The predicted octanol–water partition coefficient (Wildman–Crippen LogP) is 2.69. The predicted molar refractivity (Wildman–Crippen MR) is 75.1 cm³/mol. The number of rotatable bonds is 3. The van der Waals surface area contributed by atoms with E-state index in [9.17, 15) is 10.1 Å². The van der Waals surface area contributed by atoms with Gasteiger partial charge in [-0.1, -0.05) is 12.8 Å². The number of nitrogens with zero attached hydrogens (tertiary/aromatic N) is 3. The van der Waals surface area contributed by atoms with Crippen LogP contribution in [0.25, 0.3) is 0 Å². The van der Waals surface area contributed by atoms with Crippen molar-refractivity contribution < 1.29 is 4.79 Å². The van der Waals surface area contributed by atoms with Gasteiger partial charge < -0.3 is 4.90 Å². The summed E-state index contributed by atoms with van der Waals surface area (Å²) in [6.45, 7) is 0. The van der Waals surface area contributed by atoms with Gasteiger partial charge in [0.1, 0.15) is 6.07 Å². The van der Waals surface area contributed by atoms with E-state index in [1.165, 1.54) is 23.9 Å². The average Bonchev–Trinajstić information content (AvgIpc) is 2.91. The molecule has 1 aromatic rings. The second-order valence-electron chi connectivity index (χ2n) is 4.87. The van der Waals surface area contributed by atoms with Crippen LogP contribution in [0, 0.1) is 11.3 Å². The standard InChI is InChI=1S/C14H17N3OS/c1-17(2)14(18)11-7-8-16-12(9-15)13(11)19-10-5-3-4-6-10/h7-8,10H,3-6H2,1-2H3. The summed E-state index contributed by atoms with van der Waals surface area (Å²) < 4.78 is 0. The van der Waals surface area contributed by atoms with Crippen molar-refractivity contribution in [2.45, 2.75) is 35.8 Å². The Hall–Kier alpha value is -1.54. The Labute approximate surface area is 117 Å².